The molecule has 2 rings (SSSR count). The molecular weight excluding hydrogens is 241 g/mol. The minimum Gasteiger partial charge on any atom is -0.459 e. The third-order valence-corrected chi connectivity index (χ3v) is 2.33. The summed E-state index contributed by atoms with van der Waals surface area (Å²) in [5, 5.41) is 10.9. The number of halogens is 1. The lowest BCUT2D eigenvalue weighted by atomic mass is 10.1. The van der Waals surface area contributed by atoms with Crippen molar-refractivity contribution >= 4 is 6.08 Å². The monoisotopic (exact) mass is 251 g/mol. The fraction of sp³-hybridized carbons (Fsp3) is 0.167. The van der Waals surface area contributed by atoms with Crippen molar-refractivity contribution in [3.05, 3.63) is 64.0 Å². The predicted molar refractivity (Wildman–Crippen MR) is 61.1 cm³/mol. The summed E-state index contributed by atoms with van der Waals surface area (Å²) in [6.07, 6.45) is 3.37. The first-order valence-corrected chi connectivity index (χ1v) is 5.21. The summed E-state index contributed by atoms with van der Waals surface area (Å²) in [7, 11) is 0. The maximum absolute atomic E-state index is 12.7. The van der Waals surface area contributed by atoms with Crippen LogP contribution in [-0.2, 0) is 9.47 Å². The summed E-state index contributed by atoms with van der Waals surface area (Å²) < 4.78 is 22.7. The molecule has 1 aromatic carbocycles. The van der Waals surface area contributed by atoms with Crippen LogP contribution in [-0.4, -0.2) is 11.2 Å². The zero-order valence-corrected chi connectivity index (χ0v) is 9.28. The molecule has 5 nitrogen and oxygen atoms in total. The highest BCUT2D eigenvalue weighted by Gasteiger charge is 2.22. The molecule has 0 aliphatic carbocycles. The van der Waals surface area contributed by atoms with Crippen LogP contribution in [0.3, 0.4) is 0 Å². The Morgan fingerprint density at radius 1 is 1.33 bits per heavy atom. The molecule has 0 amide bonds. The second-order valence-corrected chi connectivity index (χ2v) is 3.62. The van der Waals surface area contributed by atoms with Gasteiger partial charge in [0, 0.05) is 6.08 Å². The van der Waals surface area contributed by atoms with E-state index in [1.807, 2.05) is 0 Å². The highest BCUT2D eigenvalue weighted by molar-refractivity contribution is 5.50. The largest absolute Gasteiger partial charge is 0.459 e. The molecule has 94 valence electrons. The molecule has 18 heavy (non-hydrogen) atoms. The first kappa shape index (κ1) is 12.1. The fourth-order valence-electron chi connectivity index (χ4n) is 1.48. The van der Waals surface area contributed by atoms with Gasteiger partial charge in [-0.15, -0.1) is 0 Å². The third kappa shape index (κ3) is 3.07. The Morgan fingerprint density at radius 2 is 1.94 bits per heavy atom. The standard InChI is InChI=1S/C12H10FNO4/c13-10-3-1-9(2-4-10)7-11(14(15)16)8-12-17-5-6-18-12/h1-7,12H,8H2. The molecule has 0 radical (unpaired) electrons. The van der Waals surface area contributed by atoms with Crippen LogP contribution in [0.2, 0.25) is 0 Å². The highest BCUT2D eigenvalue weighted by atomic mass is 19.1. The van der Waals surface area contributed by atoms with Gasteiger partial charge in [-0.2, -0.15) is 0 Å². The smallest absolute Gasteiger partial charge is 0.254 e. The topological polar surface area (TPSA) is 61.6 Å². The Bertz CT molecular complexity index is 487. The van der Waals surface area contributed by atoms with Crippen LogP contribution < -0.4 is 0 Å². The second kappa shape index (κ2) is 5.31. The van der Waals surface area contributed by atoms with Crippen LogP contribution >= 0.6 is 0 Å². The lowest BCUT2D eigenvalue weighted by molar-refractivity contribution is -0.429. The summed E-state index contributed by atoms with van der Waals surface area (Å²) in [5.41, 5.74) is 0.490. The van der Waals surface area contributed by atoms with E-state index in [9.17, 15) is 14.5 Å². The fourth-order valence-corrected chi connectivity index (χ4v) is 1.48. The summed E-state index contributed by atoms with van der Waals surface area (Å²) in [6.45, 7) is 0. The Morgan fingerprint density at radius 3 is 2.50 bits per heavy atom. The van der Waals surface area contributed by atoms with Crippen molar-refractivity contribution < 1.29 is 18.8 Å². The first-order chi connectivity index (χ1) is 8.65. The number of ether oxygens (including phenoxy) is 2. The Kier molecular flexibility index (Phi) is 3.57. The van der Waals surface area contributed by atoms with Crippen LogP contribution in [0.25, 0.3) is 6.08 Å². The molecule has 0 aromatic heterocycles. The van der Waals surface area contributed by atoms with Gasteiger partial charge < -0.3 is 9.47 Å². The average molecular weight is 251 g/mol. The van der Waals surface area contributed by atoms with E-state index in [1.54, 1.807) is 0 Å². The van der Waals surface area contributed by atoms with Gasteiger partial charge in [-0.05, 0) is 17.7 Å². The molecule has 0 atom stereocenters. The lowest BCUT2D eigenvalue weighted by Crippen LogP contribution is -2.12. The number of nitro groups is 1. The van der Waals surface area contributed by atoms with E-state index in [4.69, 9.17) is 9.47 Å². The van der Waals surface area contributed by atoms with E-state index in [0.29, 0.717) is 5.56 Å². The van der Waals surface area contributed by atoms with Gasteiger partial charge in [-0.3, -0.25) is 10.1 Å². The van der Waals surface area contributed by atoms with E-state index in [2.05, 4.69) is 0 Å². The molecule has 0 N–H and O–H groups in total. The molecule has 1 aliphatic rings. The van der Waals surface area contributed by atoms with E-state index in [-0.39, 0.29) is 17.9 Å². The third-order valence-electron chi connectivity index (χ3n) is 2.33. The number of benzene rings is 1. The van der Waals surface area contributed by atoms with Gasteiger partial charge in [0.1, 0.15) is 24.8 Å². The number of hydrogen-bond donors (Lipinski definition) is 0. The molecular formula is C12H10FNO4. The van der Waals surface area contributed by atoms with E-state index >= 15 is 0 Å². The SMILES string of the molecule is O=[N+]([O-])C(=Cc1ccc(F)cc1)CC1OC=CO1. The Labute approximate surface area is 102 Å². The minimum absolute atomic E-state index is 0.0113. The summed E-state index contributed by atoms with van der Waals surface area (Å²) in [5.74, 6) is -0.388. The van der Waals surface area contributed by atoms with Crippen LogP contribution in [0.1, 0.15) is 12.0 Å². The van der Waals surface area contributed by atoms with Crippen molar-refractivity contribution in [2.75, 3.05) is 0 Å². The molecule has 6 heteroatoms. The van der Waals surface area contributed by atoms with Gasteiger partial charge in [0.05, 0.1) is 4.92 Å². The van der Waals surface area contributed by atoms with Crippen molar-refractivity contribution in [2.24, 2.45) is 0 Å². The molecule has 0 fully saturated rings. The zero-order valence-electron chi connectivity index (χ0n) is 9.28. The number of rotatable bonds is 4. The minimum atomic E-state index is -0.679. The van der Waals surface area contributed by atoms with Crippen LogP contribution in [0.15, 0.2) is 42.5 Å². The van der Waals surface area contributed by atoms with Crippen molar-refractivity contribution in [1.82, 2.24) is 0 Å². The highest BCUT2D eigenvalue weighted by Crippen LogP contribution is 2.18. The average Bonchev–Trinajstić information content (AvgIpc) is 2.84. The van der Waals surface area contributed by atoms with Gasteiger partial charge >= 0.3 is 0 Å². The van der Waals surface area contributed by atoms with Crippen molar-refractivity contribution in [3.63, 3.8) is 0 Å². The summed E-state index contributed by atoms with van der Waals surface area (Å²) in [6, 6.07) is 5.42. The van der Waals surface area contributed by atoms with Gasteiger partial charge in [0.15, 0.2) is 0 Å². The van der Waals surface area contributed by atoms with Gasteiger partial charge in [-0.1, -0.05) is 12.1 Å². The van der Waals surface area contributed by atoms with Crippen molar-refractivity contribution in [1.29, 1.82) is 0 Å². The predicted octanol–water partition coefficient (Wildman–Crippen LogP) is 2.68. The molecule has 0 saturated carbocycles. The molecule has 0 spiro atoms. The number of hydrogen-bond acceptors (Lipinski definition) is 4. The van der Waals surface area contributed by atoms with E-state index < -0.39 is 11.2 Å². The molecule has 0 unspecified atom stereocenters. The molecule has 0 saturated heterocycles. The normalized spacial score (nSPS) is 15.3. The van der Waals surface area contributed by atoms with Crippen LogP contribution in [0.5, 0.6) is 0 Å². The second-order valence-electron chi connectivity index (χ2n) is 3.62. The molecule has 1 aliphatic heterocycles. The van der Waals surface area contributed by atoms with E-state index in [1.165, 1.54) is 42.9 Å². The van der Waals surface area contributed by atoms with Gasteiger partial charge in [0.25, 0.3) is 5.70 Å². The summed E-state index contributed by atoms with van der Waals surface area (Å²) in [4.78, 5) is 10.4. The Hall–Kier alpha value is -2.37. The number of nitrogens with zero attached hydrogens (tertiary/aromatic N) is 1. The Balaban J connectivity index is 2.13. The van der Waals surface area contributed by atoms with Gasteiger partial charge in [0.2, 0.25) is 6.29 Å². The lowest BCUT2D eigenvalue weighted by Gasteiger charge is -2.07. The zero-order chi connectivity index (χ0) is 13.0. The van der Waals surface area contributed by atoms with Crippen LogP contribution in [0, 0.1) is 15.9 Å². The van der Waals surface area contributed by atoms with Crippen LogP contribution in [0.4, 0.5) is 4.39 Å². The van der Waals surface area contributed by atoms with Gasteiger partial charge in [-0.25, -0.2) is 4.39 Å². The maximum atomic E-state index is 12.7. The van der Waals surface area contributed by atoms with Crippen molar-refractivity contribution in [3.8, 4) is 0 Å². The molecule has 1 aromatic rings. The van der Waals surface area contributed by atoms with E-state index in [0.717, 1.165) is 0 Å². The molecule has 1 heterocycles. The summed E-state index contributed by atoms with van der Waals surface area (Å²) >= 11 is 0. The maximum Gasteiger partial charge on any atom is 0.254 e. The van der Waals surface area contributed by atoms with Crippen molar-refractivity contribution in [2.45, 2.75) is 12.7 Å². The first-order valence-electron chi connectivity index (χ1n) is 5.21. The quantitative estimate of drug-likeness (QED) is 0.609. The molecule has 0 bridgehead atoms.